The fraction of sp³-hybridized carbons (Fsp3) is 0.240. The Morgan fingerprint density at radius 3 is 2.47 bits per heavy atom. The summed E-state index contributed by atoms with van der Waals surface area (Å²) in [6.07, 6.45) is -0.395. The quantitative estimate of drug-likeness (QED) is 0.527. The molecular formula is C25H25ClN2O5S. The van der Waals surface area contributed by atoms with E-state index in [-0.39, 0.29) is 18.0 Å². The van der Waals surface area contributed by atoms with E-state index in [0.717, 1.165) is 9.87 Å². The summed E-state index contributed by atoms with van der Waals surface area (Å²) in [5.41, 5.74) is 1.83. The summed E-state index contributed by atoms with van der Waals surface area (Å²) >= 11 is 6.26. The molecule has 0 spiro atoms. The number of nitrogens with one attached hydrogen (secondary N) is 1. The second-order valence-electron chi connectivity index (χ2n) is 8.01. The second kappa shape index (κ2) is 9.95. The summed E-state index contributed by atoms with van der Waals surface area (Å²) in [6, 6.07) is 18.8. The van der Waals surface area contributed by atoms with Crippen LogP contribution in [0, 0.1) is 13.8 Å². The van der Waals surface area contributed by atoms with Crippen LogP contribution in [0.15, 0.2) is 71.6 Å². The van der Waals surface area contributed by atoms with Crippen molar-refractivity contribution in [2.45, 2.75) is 24.8 Å². The summed E-state index contributed by atoms with van der Waals surface area (Å²) < 4.78 is 39.7. The normalized spacial score (nSPS) is 15.0. The van der Waals surface area contributed by atoms with Crippen LogP contribution in [0.25, 0.3) is 0 Å². The minimum absolute atomic E-state index is 0.0888. The fourth-order valence-electron chi connectivity index (χ4n) is 3.58. The molecule has 3 aromatic rings. The number of hydrogen-bond donors (Lipinski definition) is 1. The average molecular weight is 501 g/mol. The molecule has 34 heavy (non-hydrogen) atoms. The summed E-state index contributed by atoms with van der Waals surface area (Å²) in [6.45, 7) is 3.62. The van der Waals surface area contributed by atoms with Gasteiger partial charge in [0.05, 0.1) is 17.1 Å². The Hall–Kier alpha value is -3.23. The van der Waals surface area contributed by atoms with Crippen LogP contribution in [0.4, 0.5) is 5.69 Å². The average Bonchev–Trinajstić information content (AvgIpc) is 2.83. The number of carbonyl (C=O) groups is 1. The number of halogens is 1. The fourth-order valence-corrected chi connectivity index (χ4v) is 5.23. The van der Waals surface area contributed by atoms with Crippen LogP contribution in [0.5, 0.6) is 11.5 Å². The minimum Gasteiger partial charge on any atom is -0.486 e. The molecule has 7 nitrogen and oxygen atoms in total. The Morgan fingerprint density at radius 2 is 1.74 bits per heavy atom. The number of para-hydroxylation sites is 2. The first kappa shape index (κ1) is 23.9. The van der Waals surface area contributed by atoms with Crippen LogP contribution in [0.1, 0.15) is 11.1 Å². The standard InChI is InChI=1S/C25H25ClN2O5S/c1-17-10-12-20(13-11-17)34(30,31)28(22-7-5-6-21(26)18(22)2)15-25(29)27-14-19-16-32-23-8-3-4-9-24(23)33-19/h3-13,19H,14-16H2,1-2H3,(H,27,29)/t19-/m1/s1. The number of rotatable bonds is 7. The van der Waals surface area contributed by atoms with Gasteiger partial charge < -0.3 is 14.8 Å². The van der Waals surface area contributed by atoms with Crippen molar-refractivity contribution in [3.8, 4) is 11.5 Å². The van der Waals surface area contributed by atoms with Gasteiger partial charge in [-0.25, -0.2) is 8.42 Å². The van der Waals surface area contributed by atoms with Crippen LogP contribution >= 0.6 is 11.6 Å². The monoisotopic (exact) mass is 500 g/mol. The lowest BCUT2D eigenvalue weighted by Gasteiger charge is -2.28. The summed E-state index contributed by atoms with van der Waals surface area (Å²) in [5, 5.41) is 3.18. The van der Waals surface area contributed by atoms with Crippen LogP contribution in [-0.2, 0) is 14.8 Å². The van der Waals surface area contributed by atoms with Gasteiger partial charge in [-0.2, -0.15) is 0 Å². The number of anilines is 1. The van der Waals surface area contributed by atoms with E-state index in [1.807, 2.05) is 25.1 Å². The lowest BCUT2D eigenvalue weighted by atomic mass is 10.2. The number of hydrogen-bond acceptors (Lipinski definition) is 5. The maximum atomic E-state index is 13.5. The second-order valence-corrected chi connectivity index (χ2v) is 10.3. The Bertz CT molecular complexity index is 1290. The van der Waals surface area contributed by atoms with Crippen molar-refractivity contribution in [2.75, 3.05) is 24.0 Å². The highest BCUT2D eigenvalue weighted by Crippen LogP contribution is 2.32. The SMILES string of the molecule is Cc1ccc(S(=O)(=O)N(CC(=O)NC[C@@H]2COc3ccccc3O2)c2cccc(Cl)c2C)cc1. The highest BCUT2D eigenvalue weighted by Gasteiger charge is 2.29. The molecule has 0 unspecified atom stereocenters. The molecule has 1 aliphatic rings. The first-order valence-electron chi connectivity index (χ1n) is 10.8. The van der Waals surface area contributed by atoms with E-state index in [1.165, 1.54) is 12.1 Å². The number of ether oxygens (including phenoxy) is 2. The molecule has 9 heteroatoms. The maximum absolute atomic E-state index is 13.5. The number of aryl methyl sites for hydroxylation is 1. The van der Waals surface area contributed by atoms with E-state index in [4.69, 9.17) is 21.1 Å². The molecule has 1 heterocycles. The van der Waals surface area contributed by atoms with Gasteiger partial charge in [-0.15, -0.1) is 0 Å². The van der Waals surface area contributed by atoms with Crippen LogP contribution < -0.4 is 19.1 Å². The number of fused-ring (bicyclic) bond motifs is 1. The zero-order valence-corrected chi connectivity index (χ0v) is 20.4. The van der Waals surface area contributed by atoms with Crippen molar-refractivity contribution in [1.29, 1.82) is 0 Å². The van der Waals surface area contributed by atoms with E-state index >= 15 is 0 Å². The largest absolute Gasteiger partial charge is 0.486 e. The van der Waals surface area contributed by atoms with Gasteiger partial charge in [-0.1, -0.05) is 47.5 Å². The molecular weight excluding hydrogens is 476 g/mol. The molecule has 3 aromatic carbocycles. The molecule has 0 saturated carbocycles. The van der Waals surface area contributed by atoms with Gasteiger partial charge in [0.15, 0.2) is 11.5 Å². The molecule has 178 valence electrons. The zero-order valence-electron chi connectivity index (χ0n) is 18.8. The van der Waals surface area contributed by atoms with Crippen molar-refractivity contribution >= 4 is 33.2 Å². The van der Waals surface area contributed by atoms with Crippen molar-refractivity contribution in [2.24, 2.45) is 0 Å². The molecule has 1 aliphatic heterocycles. The lowest BCUT2D eigenvalue weighted by Crippen LogP contribution is -2.45. The predicted octanol–water partition coefficient (Wildman–Crippen LogP) is 4.11. The van der Waals surface area contributed by atoms with Gasteiger partial charge in [0.2, 0.25) is 5.91 Å². The molecule has 0 aromatic heterocycles. The Balaban J connectivity index is 1.53. The van der Waals surface area contributed by atoms with Crippen LogP contribution in [0.3, 0.4) is 0 Å². The third kappa shape index (κ3) is 5.13. The van der Waals surface area contributed by atoms with E-state index in [1.54, 1.807) is 43.3 Å². The van der Waals surface area contributed by atoms with E-state index in [0.29, 0.717) is 27.8 Å². The van der Waals surface area contributed by atoms with Gasteiger partial charge in [0.25, 0.3) is 10.0 Å². The van der Waals surface area contributed by atoms with Crippen molar-refractivity contribution in [3.05, 3.63) is 82.9 Å². The Morgan fingerprint density at radius 1 is 1.03 bits per heavy atom. The van der Waals surface area contributed by atoms with Gasteiger partial charge >= 0.3 is 0 Å². The van der Waals surface area contributed by atoms with Crippen molar-refractivity contribution in [1.82, 2.24) is 5.32 Å². The molecule has 1 atom stereocenters. The molecule has 0 saturated heterocycles. The van der Waals surface area contributed by atoms with E-state index in [9.17, 15) is 13.2 Å². The van der Waals surface area contributed by atoms with Gasteiger partial charge in [-0.3, -0.25) is 9.10 Å². The maximum Gasteiger partial charge on any atom is 0.264 e. The smallest absolute Gasteiger partial charge is 0.264 e. The molecule has 0 bridgehead atoms. The predicted molar refractivity (Wildman–Crippen MR) is 131 cm³/mol. The molecule has 4 rings (SSSR count). The lowest BCUT2D eigenvalue weighted by molar-refractivity contribution is -0.120. The third-order valence-electron chi connectivity index (χ3n) is 5.50. The molecule has 0 aliphatic carbocycles. The van der Waals surface area contributed by atoms with Crippen LogP contribution in [-0.4, -0.2) is 40.1 Å². The highest BCUT2D eigenvalue weighted by molar-refractivity contribution is 7.92. The van der Waals surface area contributed by atoms with E-state index < -0.39 is 28.6 Å². The van der Waals surface area contributed by atoms with Crippen LogP contribution in [0.2, 0.25) is 5.02 Å². The van der Waals surface area contributed by atoms with Crippen molar-refractivity contribution in [3.63, 3.8) is 0 Å². The molecule has 1 N–H and O–H groups in total. The molecule has 1 amide bonds. The molecule has 0 fully saturated rings. The van der Waals surface area contributed by atoms with Gasteiger partial charge in [0, 0.05) is 5.02 Å². The number of nitrogens with zero attached hydrogens (tertiary/aromatic N) is 1. The number of amides is 1. The molecule has 0 radical (unpaired) electrons. The van der Waals surface area contributed by atoms with E-state index in [2.05, 4.69) is 5.32 Å². The third-order valence-corrected chi connectivity index (χ3v) is 7.68. The van der Waals surface area contributed by atoms with Crippen molar-refractivity contribution < 1.29 is 22.7 Å². The summed E-state index contributed by atoms with van der Waals surface area (Å²) in [4.78, 5) is 13.0. The highest BCUT2D eigenvalue weighted by atomic mass is 35.5. The number of sulfonamides is 1. The number of benzene rings is 3. The first-order valence-corrected chi connectivity index (χ1v) is 12.6. The van der Waals surface area contributed by atoms with Gasteiger partial charge in [-0.05, 0) is 55.8 Å². The Kier molecular flexibility index (Phi) is 7.00. The summed E-state index contributed by atoms with van der Waals surface area (Å²) in [7, 11) is -4.03. The first-order chi connectivity index (χ1) is 16.3. The zero-order chi connectivity index (χ0) is 24.3. The van der Waals surface area contributed by atoms with Gasteiger partial charge in [0.1, 0.15) is 19.3 Å². The minimum atomic E-state index is -4.03. The topological polar surface area (TPSA) is 84.9 Å². The summed E-state index contributed by atoms with van der Waals surface area (Å²) in [5.74, 6) is 0.778. The Labute approximate surface area is 204 Å². The number of carbonyl (C=O) groups excluding carboxylic acids is 1.